The Morgan fingerprint density at radius 1 is 1.24 bits per heavy atom. The van der Waals surface area contributed by atoms with E-state index in [0.717, 1.165) is 22.1 Å². The standard InChI is InChI=1S/C18H24N4O2S/c1-10(2)15-16(19-6-11(3)21-15)17-20-7-14(25-17)18(23)22-8-12(4)24-13(5)9-22/h6-7,10,12-13H,8-9H2,1-5H3/t12-,13+. The molecular weight excluding hydrogens is 336 g/mol. The van der Waals surface area contributed by atoms with Crippen LogP contribution in [0.1, 0.15) is 54.7 Å². The number of ether oxygens (including phenoxy) is 1. The van der Waals surface area contributed by atoms with Crippen LogP contribution >= 0.6 is 11.3 Å². The van der Waals surface area contributed by atoms with Crippen LogP contribution in [0.25, 0.3) is 10.7 Å². The minimum Gasteiger partial charge on any atom is -0.372 e. The fraction of sp³-hybridized carbons (Fsp3) is 0.556. The van der Waals surface area contributed by atoms with E-state index in [4.69, 9.17) is 4.74 Å². The summed E-state index contributed by atoms with van der Waals surface area (Å²) in [6.45, 7) is 11.3. The molecule has 2 atom stereocenters. The highest BCUT2D eigenvalue weighted by molar-refractivity contribution is 7.16. The number of amides is 1. The van der Waals surface area contributed by atoms with E-state index in [-0.39, 0.29) is 24.0 Å². The monoisotopic (exact) mass is 360 g/mol. The van der Waals surface area contributed by atoms with Gasteiger partial charge in [0.05, 0.1) is 29.8 Å². The predicted molar refractivity (Wildman–Crippen MR) is 97.9 cm³/mol. The Bertz CT molecular complexity index is 764. The van der Waals surface area contributed by atoms with Gasteiger partial charge in [-0.1, -0.05) is 13.8 Å². The van der Waals surface area contributed by atoms with Crippen LogP contribution in [0.3, 0.4) is 0 Å². The highest BCUT2D eigenvalue weighted by atomic mass is 32.1. The molecule has 0 aliphatic carbocycles. The van der Waals surface area contributed by atoms with Crippen LogP contribution in [0.15, 0.2) is 12.4 Å². The van der Waals surface area contributed by atoms with Crippen molar-refractivity contribution in [2.24, 2.45) is 0 Å². The Labute approximate surface area is 152 Å². The SMILES string of the molecule is Cc1cnc(-c2ncc(C(=O)N3C[C@@H](C)O[C@@H](C)C3)s2)c(C(C)C)n1. The average molecular weight is 360 g/mol. The molecule has 3 rings (SSSR count). The molecule has 0 radical (unpaired) electrons. The van der Waals surface area contributed by atoms with Crippen LogP contribution in [0, 0.1) is 6.92 Å². The molecule has 1 saturated heterocycles. The third-order valence-electron chi connectivity index (χ3n) is 4.09. The maximum Gasteiger partial charge on any atom is 0.265 e. The van der Waals surface area contributed by atoms with Crippen molar-refractivity contribution in [3.63, 3.8) is 0 Å². The molecule has 6 nitrogen and oxygen atoms in total. The van der Waals surface area contributed by atoms with Gasteiger partial charge in [-0.2, -0.15) is 0 Å². The van der Waals surface area contributed by atoms with Crippen molar-refractivity contribution in [2.75, 3.05) is 13.1 Å². The van der Waals surface area contributed by atoms with Crippen LogP contribution in [-0.2, 0) is 4.74 Å². The molecule has 1 fully saturated rings. The van der Waals surface area contributed by atoms with Crippen LogP contribution in [0.5, 0.6) is 0 Å². The van der Waals surface area contributed by atoms with Gasteiger partial charge in [-0.25, -0.2) is 9.97 Å². The van der Waals surface area contributed by atoms with Gasteiger partial charge in [0.2, 0.25) is 0 Å². The van der Waals surface area contributed by atoms with Gasteiger partial charge in [0.25, 0.3) is 5.91 Å². The molecule has 1 amide bonds. The minimum atomic E-state index is 0.0110. The van der Waals surface area contributed by atoms with Gasteiger partial charge >= 0.3 is 0 Å². The van der Waals surface area contributed by atoms with Gasteiger partial charge in [0, 0.05) is 19.3 Å². The molecule has 1 aliphatic heterocycles. The fourth-order valence-corrected chi connectivity index (χ4v) is 3.93. The van der Waals surface area contributed by atoms with Crippen molar-refractivity contribution in [3.8, 4) is 10.7 Å². The van der Waals surface area contributed by atoms with Gasteiger partial charge in [-0.15, -0.1) is 11.3 Å². The number of nitrogens with zero attached hydrogens (tertiary/aromatic N) is 4. The van der Waals surface area contributed by atoms with Crippen molar-refractivity contribution in [1.29, 1.82) is 0 Å². The lowest BCUT2D eigenvalue weighted by atomic mass is 10.1. The third kappa shape index (κ3) is 3.88. The maximum absolute atomic E-state index is 12.8. The molecule has 7 heteroatoms. The fourth-order valence-electron chi connectivity index (χ4n) is 3.05. The second-order valence-electron chi connectivity index (χ2n) is 6.90. The molecule has 0 unspecified atom stereocenters. The average Bonchev–Trinajstić information content (AvgIpc) is 3.02. The summed E-state index contributed by atoms with van der Waals surface area (Å²) in [7, 11) is 0. The first kappa shape index (κ1) is 17.9. The zero-order valence-corrected chi connectivity index (χ0v) is 16.1. The highest BCUT2D eigenvalue weighted by Crippen LogP contribution is 2.30. The summed E-state index contributed by atoms with van der Waals surface area (Å²) in [4.78, 5) is 28.9. The van der Waals surface area contributed by atoms with Crippen molar-refractivity contribution >= 4 is 17.2 Å². The first-order chi connectivity index (χ1) is 11.8. The summed E-state index contributed by atoms with van der Waals surface area (Å²) in [5.41, 5.74) is 2.58. The summed E-state index contributed by atoms with van der Waals surface area (Å²) < 4.78 is 5.71. The van der Waals surface area contributed by atoms with Crippen LogP contribution in [0.2, 0.25) is 0 Å². The zero-order chi connectivity index (χ0) is 18.1. The number of aryl methyl sites for hydroxylation is 1. The van der Waals surface area contributed by atoms with E-state index in [2.05, 4.69) is 28.8 Å². The van der Waals surface area contributed by atoms with Crippen molar-refractivity contribution in [1.82, 2.24) is 19.9 Å². The number of carbonyl (C=O) groups is 1. The van der Waals surface area contributed by atoms with Crippen molar-refractivity contribution < 1.29 is 9.53 Å². The first-order valence-corrected chi connectivity index (χ1v) is 9.41. The molecule has 2 aromatic rings. The topological polar surface area (TPSA) is 68.2 Å². The van der Waals surface area contributed by atoms with E-state index in [9.17, 15) is 4.79 Å². The minimum absolute atomic E-state index is 0.0110. The van der Waals surface area contributed by atoms with Gasteiger partial charge in [0.1, 0.15) is 15.6 Å². The molecule has 2 aromatic heterocycles. The van der Waals surface area contributed by atoms with Gasteiger partial charge < -0.3 is 9.64 Å². The third-order valence-corrected chi connectivity index (χ3v) is 5.08. The number of carbonyl (C=O) groups excluding carboxylic acids is 1. The smallest absolute Gasteiger partial charge is 0.265 e. The Balaban J connectivity index is 1.87. The lowest BCUT2D eigenvalue weighted by Gasteiger charge is -2.35. The molecule has 134 valence electrons. The van der Waals surface area contributed by atoms with Gasteiger partial charge in [-0.05, 0) is 26.7 Å². The quantitative estimate of drug-likeness (QED) is 0.840. The molecular formula is C18H24N4O2S. The Morgan fingerprint density at radius 2 is 1.92 bits per heavy atom. The largest absolute Gasteiger partial charge is 0.372 e. The van der Waals surface area contributed by atoms with E-state index < -0.39 is 0 Å². The van der Waals surface area contributed by atoms with Crippen LogP contribution in [0.4, 0.5) is 0 Å². The first-order valence-electron chi connectivity index (χ1n) is 8.59. The van der Waals surface area contributed by atoms with Crippen molar-refractivity contribution in [2.45, 2.75) is 52.7 Å². The van der Waals surface area contributed by atoms with E-state index in [1.165, 1.54) is 11.3 Å². The Kier molecular flexibility index (Phi) is 5.15. The molecule has 3 heterocycles. The van der Waals surface area contributed by atoms with Gasteiger partial charge in [-0.3, -0.25) is 9.78 Å². The van der Waals surface area contributed by atoms with Crippen LogP contribution in [-0.4, -0.2) is 51.1 Å². The maximum atomic E-state index is 12.8. The summed E-state index contributed by atoms with van der Waals surface area (Å²) in [6, 6.07) is 0. The molecule has 0 N–H and O–H groups in total. The summed E-state index contributed by atoms with van der Waals surface area (Å²) in [5.74, 6) is 0.253. The number of hydrogen-bond acceptors (Lipinski definition) is 6. The number of hydrogen-bond donors (Lipinski definition) is 0. The summed E-state index contributed by atoms with van der Waals surface area (Å²) >= 11 is 1.38. The number of thiazole rings is 1. The lowest BCUT2D eigenvalue weighted by Crippen LogP contribution is -2.48. The zero-order valence-electron chi connectivity index (χ0n) is 15.3. The molecule has 0 saturated carbocycles. The van der Waals surface area contributed by atoms with E-state index in [1.807, 2.05) is 25.7 Å². The Hall–Kier alpha value is -1.86. The number of aromatic nitrogens is 3. The van der Waals surface area contributed by atoms with Gasteiger partial charge in [0.15, 0.2) is 0 Å². The summed E-state index contributed by atoms with van der Waals surface area (Å²) in [6.07, 6.45) is 3.50. The molecule has 25 heavy (non-hydrogen) atoms. The normalized spacial score (nSPS) is 21.0. The molecule has 1 aliphatic rings. The molecule has 0 aromatic carbocycles. The van der Waals surface area contributed by atoms with Crippen molar-refractivity contribution in [3.05, 3.63) is 28.7 Å². The van der Waals surface area contributed by atoms with E-state index in [0.29, 0.717) is 18.0 Å². The van der Waals surface area contributed by atoms with Crippen LogP contribution < -0.4 is 0 Å². The second-order valence-corrected chi connectivity index (χ2v) is 7.93. The predicted octanol–water partition coefficient (Wildman–Crippen LogP) is 3.28. The van der Waals surface area contributed by atoms with E-state index in [1.54, 1.807) is 12.4 Å². The second kappa shape index (κ2) is 7.17. The summed E-state index contributed by atoms with van der Waals surface area (Å²) in [5, 5.41) is 0.744. The Morgan fingerprint density at radius 3 is 2.56 bits per heavy atom. The highest BCUT2D eigenvalue weighted by Gasteiger charge is 2.28. The van der Waals surface area contributed by atoms with E-state index >= 15 is 0 Å². The lowest BCUT2D eigenvalue weighted by molar-refractivity contribution is -0.0585. The molecule has 0 spiro atoms. The number of morpholine rings is 1. The number of rotatable bonds is 3. The molecule has 0 bridgehead atoms.